The molecule has 0 amide bonds. The van der Waals surface area contributed by atoms with Gasteiger partial charge in [-0.05, 0) is 38.5 Å². The van der Waals surface area contributed by atoms with Crippen molar-refractivity contribution in [2.24, 2.45) is 0 Å². The van der Waals surface area contributed by atoms with Crippen LogP contribution in [0.2, 0.25) is 0 Å². The monoisotopic (exact) mass is 390 g/mol. The number of allylic oxidation sites excluding steroid dienone is 3. The van der Waals surface area contributed by atoms with Crippen LogP contribution in [-0.2, 0) is 11.3 Å². The van der Waals surface area contributed by atoms with Gasteiger partial charge >= 0.3 is 0 Å². The molecule has 0 bridgehead atoms. The molecule has 0 fully saturated rings. The zero-order valence-electron chi connectivity index (χ0n) is 18.0. The van der Waals surface area contributed by atoms with E-state index in [1.165, 1.54) is 64.2 Å². The lowest BCUT2D eigenvalue weighted by Crippen LogP contribution is -2.28. The van der Waals surface area contributed by atoms with Crippen LogP contribution in [0, 0.1) is 0 Å². The van der Waals surface area contributed by atoms with E-state index >= 15 is 0 Å². The number of carbonyl (C=O) groups excluding carboxylic acids is 1. The summed E-state index contributed by atoms with van der Waals surface area (Å²) in [5.74, 6) is -0.914. The minimum atomic E-state index is -0.914. The summed E-state index contributed by atoms with van der Waals surface area (Å²) in [4.78, 5) is 13.1. The number of nitrogens with one attached hydrogen (secondary N) is 1. The van der Waals surface area contributed by atoms with Gasteiger partial charge in [0.05, 0.1) is 0 Å². The molecular weight excluding hydrogens is 348 g/mol. The predicted octanol–water partition coefficient (Wildman–Crippen LogP) is 5.26. The Kier molecular flexibility index (Phi) is 20.0. The number of H-pyrrole nitrogens is 1. The Labute approximate surface area is 172 Å². The first kappa shape index (κ1) is 26.2. The highest BCUT2D eigenvalue weighted by Gasteiger charge is 1.91. The van der Waals surface area contributed by atoms with Crippen molar-refractivity contribution < 1.29 is 14.5 Å². The number of nitrogens with zero attached hydrogens (tertiary/aromatic N) is 1. The van der Waals surface area contributed by atoms with Gasteiger partial charge in [-0.1, -0.05) is 83.1 Å². The van der Waals surface area contributed by atoms with E-state index < -0.39 is 5.97 Å². The van der Waals surface area contributed by atoms with Gasteiger partial charge in [0.25, 0.3) is 0 Å². The minimum absolute atomic E-state index is 0.220. The van der Waals surface area contributed by atoms with Gasteiger partial charge in [0.1, 0.15) is 18.9 Å². The van der Waals surface area contributed by atoms with E-state index in [-0.39, 0.29) is 6.42 Å². The van der Waals surface area contributed by atoms with Crippen LogP contribution < -0.4 is 9.67 Å². The number of unbranched alkanes of at least 4 members (excludes halogenated alkanes) is 11. The van der Waals surface area contributed by atoms with Crippen LogP contribution in [0.25, 0.3) is 0 Å². The zero-order chi connectivity index (χ0) is 20.7. The maximum Gasteiger partial charge on any atom is 0.241 e. The second-order valence-corrected chi connectivity index (χ2v) is 7.30. The lowest BCUT2D eigenvalue weighted by atomic mass is 10.1. The van der Waals surface area contributed by atoms with E-state index in [1.807, 2.05) is 29.4 Å². The molecule has 4 heteroatoms. The topological polar surface area (TPSA) is 59.8 Å². The van der Waals surface area contributed by atoms with Crippen molar-refractivity contribution in [2.45, 2.75) is 103 Å². The molecule has 1 aromatic heterocycles. The standard InChI is InChI=1S/C18H34O2.C6H8N2/c1-2-3-4-5-6-7-8-9-10-11-12-13-14-15-16-17-18(19)20;1-2-4-8-5-3-7-6-8/h9-10H,2-8,11-17H2,1H3,(H,19,20);2-3,5-6H,1,4H2/b10-9-;. The van der Waals surface area contributed by atoms with Gasteiger partial charge in [-0.3, -0.25) is 4.98 Å². The van der Waals surface area contributed by atoms with Crippen LogP contribution in [0.3, 0.4) is 0 Å². The highest BCUT2D eigenvalue weighted by atomic mass is 16.4. The van der Waals surface area contributed by atoms with Crippen LogP contribution in [-0.4, -0.2) is 11.0 Å². The van der Waals surface area contributed by atoms with Crippen molar-refractivity contribution in [3.8, 4) is 0 Å². The molecule has 4 nitrogen and oxygen atoms in total. The molecule has 1 aromatic rings. The van der Waals surface area contributed by atoms with Gasteiger partial charge in [0.2, 0.25) is 6.33 Å². The fourth-order valence-corrected chi connectivity index (χ4v) is 2.92. The summed E-state index contributed by atoms with van der Waals surface area (Å²) in [6, 6.07) is 0. The molecule has 1 rings (SSSR count). The van der Waals surface area contributed by atoms with Crippen molar-refractivity contribution in [3.63, 3.8) is 0 Å². The van der Waals surface area contributed by atoms with Gasteiger partial charge in [-0.2, -0.15) is 0 Å². The number of aliphatic carboxylic acids is 1. The second-order valence-electron chi connectivity index (χ2n) is 7.30. The van der Waals surface area contributed by atoms with Crippen molar-refractivity contribution in [2.75, 3.05) is 0 Å². The number of hydrogen-bond donors (Lipinski definition) is 1. The number of carbonyl (C=O) groups is 1. The summed E-state index contributed by atoms with van der Waals surface area (Å²) in [6.07, 6.45) is 28.5. The Morgan fingerprint density at radius 2 is 1.54 bits per heavy atom. The number of imidazole rings is 1. The molecule has 0 aliphatic heterocycles. The number of carboxylic acids is 1. The fraction of sp³-hybridized carbons (Fsp3) is 0.667. The van der Waals surface area contributed by atoms with Crippen molar-refractivity contribution in [3.05, 3.63) is 43.5 Å². The Bertz CT molecular complexity index is 481. The quantitative estimate of drug-likeness (QED) is 0.224. The maximum atomic E-state index is 10.2. The first-order valence-electron chi connectivity index (χ1n) is 11.2. The minimum Gasteiger partial charge on any atom is -0.550 e. The average Bonchev–Trinajstić information content (AvgIpc) is 3.19. The largest absolute Gasteiger partial charge is 0.550 e. The molecule has 0 aromatic carbocycles. The molecule has 160 valence electrons. The Morgan fingerprint density at radius 1 is 0.964 bits per heavy atom. The summed E-state index contributed by atoms with van der Waals surface area (Å²) >= 11 is 0. The number of aromatic nitrogens is 2. The number of hydrogen-bond acceptors (Lipinski definition) is 2. The normalized spacial score (nSPS) is 10.6. The van der Waals surface area contributed by atoms with Crippen LogP contribution in [0.15, 0.2) is 43.5 Å². The molecule has 0 atom stereocenters. The van der Waals surface area contributed by atoms with E-state index in [0.717, 1.165) is 25.8 Å². The lowest BCUT2D eigenvalue weighted by Gasteiger charge is -2.01. The third-order valence-electron chi connectivity index (χ3n) is 4.59. The van der Waals surface area contributed by atoms with E-state index in [0.29, 0.717) is 0 Å². The molecule has 0 saturated heterocycles. The molecule has 0 saturated carbocycles. The van der Waals surface area contributed by atoms with Crippen LogP contribution >= 0.6 is 0 Å². The number of rotatable bonds is 17. The summed E-state index contributed by atoms with van der Waals surface area (Å²) in [5, 5.41) is 10.2. The molecule has 0 radical (unpaired) electrons. The van der Waals surface area contributed by atoms with E-state index in [9.17, 15) is 9.90 Å². The highest BCUT2D eigenvalue weighted by Crippen LogP contribution is 2.09. The average molecular weight is 391 g/mol. The molecule has 28 heavy (non-hydrogen) atoms. The maximum absolute atomic E-state index is 10.2. The molecule has 1 heterocycles. The van der Waals surface area contributed by atoms with E-state index in [4.69, 9.17) is 0 Å². The van der Waals surface area contributed by atoms with Gasteiger partial charge in [0.15, 0.2) is 0 Å². The van der Waals surface area contributed by atoms with Crippen molar-refractivity contribution in [1.82, 2.24) is 4.98 Å². The summed E-state index contributed by atoms with van der Waals surface area (Å²) in [5.41, 5.74) is 0. The van der Waals surface area contributed by atoms with Gasteiger partial charge < -0.3 is 9.90 Å². The SMILES string of the molecule is C=CC[n+]1cc[nH]c1.CCCCCCCC/C=C\CCCCCCCC(=O)[O-]. The first-order valence-corrected chi connectivity index (χ1v) is 11.2. The Hall–Kier alpha value is -1.84. The Morgan fingerprint density at radius 3 is 2.04 bits per heavy atom. The number of aromatic amines is 1. The van der Waals surface area contributed by atoms with Crippen LogP contribution in [0.4, 0.5) is 0 Å². The van der Waals surface area contributed by atoms with Crippen LogP contribution in [0.1, 0.15) is 96.8 Å². The van der Waals surface area contributed by atoms with Gasteiger partial charge in [-0.25, -0.2) is 4.57 Å². The summed E-state index contributed by atoms with van der Waals surface area (Å²) in [6.45, 7) is 6.74. The molecule has 0 aliphatic carbocycles. The summed E-state index contributed by atoms with van der Waals surface area (Å²) < 4.78 is 2.01. The molecule has 0 unspecified atom stereocenters. The third kappa shape index (κ3) is 20.5. The van der Waals surface area contributed by atoms with E-state index in [1.54, 1.807) is 0 Å². The van der Waals surface area contributed by atoms with Crippen LogP contribution in [0.5, 0.6) is 0 Å². The van der Waals surface area contributed by atoms with E-state index in [2.05, 4.69) is 30.6 Å². The highest BCUT2D eigenvalue weighted by molar-refractivity contribution is 5.63. The first-order chi connectivity index (χ1) is 13.7. The molecule has 0 spiro atoms. The lowest BCUT2D eigenvalue weighted by molar-refractivity contribution is -0.685. The second kappa shape index (κ2) is 21.5. The fourth-order valence-electron chi connectivity index (χ4n) is 2.92. The van der Waals surface area contributed by atoms with Gasteiger partial charge in [0, 0.05) is 5.97 Å². The molecular formula is C24H42N2O2. The predicted molar refractivity (Wildman–Crippen MR) is 116 cm³/mol. The smallest absolute Gasteiger partial charge is 0.241 e. The van der Waals surface area contributed by atoms with Crippen molar-refractivity contribution in [1.29, 1.82) is 0 Å². The third-order valence-corrected chi connectivity index (χ3v) is 4.59. The molecule has 0 aliphatic rings. The van der Waals surface area contributed by atoms with Gasteiger partial charge in [-0.15, -0.1) is 0 Å². The zero-order valence-corrected chi connectivity index (χ0v) is 18.0. The molecule has 1 N–H and O–H groups in total. The Balaban J connectivity index is 0.000000749. The number of carboxylic acid groups (broad SMARTS) is 1. The van der Waals surface area contributed by atoms with Crippen molar-refractivity contribution >= 4 is 5.97 Å². The summed E-state index contributed by atoms with van der Waals surface area (Å²) in [7, 11) is 0.